The standard InChI is InChI=1S/C51H59N9O12.C15H23N5O4.C6H14N4O2/c52-39(2-1-23-60-51(58)59)45(62)68-35-15-5-30(6-16-35)25-41(54)47(64)70-37-19-9-32(10-20-37)27-43(56)49(66)72-50(67)44(57)28-33-11-21-38(22-12-33)71-48(65)42(55)26-31-7-17-36(18-8-31)69-46(63)40(53)24-29-3-13-34(61)14-4-29;16-11(2-1-7-20-15(18)19)14(23)24-10-5-3-9(4-6-10)8-12(17)13(21)22;7-4(5(11)12)2-1-3-10-6(8)9/h3-22,39-44,61H,1-2,23-28,52-57H2,(H4,58,59,60);3-6,11-12H,1-2,7-8,16-17H2,(H,21,22)(H4,18,19,20);4H,1-3,7H2,(H,11,12)(H4,8,9,10)/t39-,40-,41-,42-,43-,44-;11-,12-;4-/m000/s1. The largest absolute Gasteiger partial charge is 0.508 e. The molecule has 0 heterocycles. The first kappa shape index (κ1) is 88.4. The van der Waals surface area contributed by atoms with Crippen molar-refractivity contribution in [3.8, 4) is 34.5 Å². The average molecular weight is 1500 g/mol. The molecule has 0 bridgehead atoms. The third-order valence-electron chi connectivity index (χ3n) is 15.4. The van der Waals surface area contributed by atoms with Crippen LogP contribution >= 0.6 is 0 Å². The predicted molar refractivity (Wildman–Crippen MR) is 396 cm³/mol. The first-order chi connectivity index (χ1) is 51.1. The number of nitrogens with one attached hydrogen (secondary N) is 6. The third kappa shape index (κ3) is 34.7. The number of aromatic hydroxyl groups is 1. The number of aliphatic carboxylic acids is 2. The zero-order valence-corrected chi connectivity index (χ0v) is 59.1. The van der Waals surface area contributed by atoms with Crippen LogP contribution in [0.4, 0.5) is 0 Å². The lowest BCUT2D eigenvalue weighted by molar-refractivity contribution is -0.161. The summed E-state index contributed by atoms with van der Waals surface area (Å²) in [6, 6.07) is 29.0. The maximum Gasteiger partial charge on any atom is 0.330 e. The van der Waals surface area contributed by atoms with Gasteiger partial charge in [-0.05, 0) is 183 Å². The predicted octanol–water partition coefficient (Wildman–Crippen LogP) is -1.38. The summed E-state index contributed by atoms with van der Waals surface area (Å²) < 4.78 is 31.7. The highest BCUT2D eigenvalue weighted by atomic mass is 16.6. The molecule has 108 heavy (non-hydrogen) atoms. The normalized spacial score (nSPS) is 13.2. The Hall–Kier alpha value is -12.0. The number of nitrogens with two attached hydrogens (primary N) is 12. The first-order valence-electron chi connectivity index (χ1n) is 33.7. The van der Waals surface area contributed by atoms with Crippen molar-refractivity contribution >= 4 is 71.6 Å². The van der Waals surface area contributed by atoms with Crippen LogP contribution in [0.25, 0.3) is 0 Å². The minimum absolute atomic E-state index is 0.0155. The summed E-state index contributed by atoms with van der Waals surface area (Å²) in [4.78, 5) is 109. The fraction of sp³-hybridized carbons (Fsp3) is 0.333. The summed E-state index contributed by atoms with van der Waals surface area (Å²) in [6.45, 7) is 1.33. The number of phenols is 1. The van der Waals surface area contributed by atoms with Crippen LogP contribution in [-0.4, -0.2) is 161 Å². The van der Waals surface area contributed by atoms with Gasteiger partial charge in [0.15, 0.2) is 17.9 Å². The van der Waals surface area contributed by atoms with Crippen molar-refractivity contribution in [1.29, 1.82) is 16.2 Å². The Kier molecular flexibility index (Phi) is 37.7. The Morgan fingerprint density at radius 3 is 0.713 bits per heavy atom. The van der Waals surface area contributed by atoms with E-state index in [0.29, 0.717) is 86.2 Å². The second-order valence-corrected chi connectivity index (χ2v) is 24.5. The van der Waals surface area contributed by atoms with Crippen LogP contribution in [0.1, 0.15) is 71.9 Å². The van der Waals surface area contributed by atoms with Gasteiger partial charge < -0.3 is 128 Å². The van der Waals surface area contributed by atoms with Gasteiger partial charge in [0.1, 0.15) is 88.9 Å². The average Bonchev–Trinajstić information content (AvgIpc) is 0.892. The van der Waals surface area contributed by atoms with Gasteiger partial charge in [-0.1, -0.05) is 72.8 Å². The molecule has 0 spiro atoms. The van der Waals surface area contributed by atoms with Gasteiger partial charge in [0.25, 0.3) is 0 Å². The zero-order valence-electron chi connectivity index (χ0n) is 59.1. The van der Waals surface area contributed by atoms with Gasteiger partial charge in [-0.2, -0.15) is 0 Å². The quantitative estimate of drug-likeness (QED) is 0.00531. The van der Waals surface area contributed by atoms with E-state index in [0.717, 1.165) is 11.1 Å². The van der Waals surface area contributed by atoms with Crippen molar-refractivity contribution in [1.82, 2.24) is 16.0 Å². The summed E-state index contributed by atoms with van der Waals surface area (Å²) in [7, 11) is 0. The number of phenolic OH excluding ortho intramolecular Hbond substituents is 1. The summed E-state index contributed by atoms with van der Waals surface area (Å²) >= 11 is 0. The number of guanidine groups is 3. The van der Waals surface area contributed by atoms with Crippen molar-refractivity contribution in [2.24, 2.45) is 68.8 Å². The summed E-state index contributed by atoms with van der Waals surface area (Å²) in [6.07, 6.45) is 3.40. The van der Waals surface area contributed by atoms with Crippen molar-refractivity contribution < 1.29 is 86.9 Å². The summed E-state index contributed by atoms with van der Waals surface area (Å²) in [5, 5.41) is 55.3. The molecule has 0 aromatic heterocycles. The maximum atomic E-state index is 12.8. The SMILES string of the molecule is N=C(N)NCCC[C@H](N)C(=O)O.N=C(N)NCCC[C@H](N)C(=O)Oc1ccc(C[C@H](N)C(=O)O)cc1.N=C(N)NCCC[C@H](N)C(=O)Oc1ccc(C[C@H](N)C(=O)Oc2ccc(C[C@H](N)C(=O)OC(=O)[C@@H](N)Cc3ccc(OC(=O)[C@@H](N)Cc4ccc(OC(=O)[C@@H](N)Cc5ccc(O)cc5)cc4)cc3)cc2)cc1. The van der Waals surface area contributed by atoms with Gasteiger partial charge >= 0.3 is 53.7 Å². The maximum absolute atomic E-state index is 12.8. The molecular formula is C72H96N18O18. The van der Waals surface area contributed by atoms with Gasteiger partial charge in [0.2, 0.25) is 0 Å². The molecule has 582 valence electrons. The molecule has 0 aliphatic heterocycles. The number of ether oxygens (including phenoxy) is 6. The Labute approximate surface area is 621 Å². The van der Waals surface area contributed by atoms with Crippen LogP contribution < -0.4 is 108 Å². The van der Waals surface area contributed by atoms with Gasteiger partial charge in [-0.25, -0.2) is 33.6 Å². The van der Waals surface area contributed by atoms with Crippen molar-refractivity contribution in [3.63, 3.8) is 0 Å². The van der Waals surface area contributed by atoms with E-state index < -0.39 is 108 Å². The summed E-state index contributed by atoms with van der Waals surface area (Å²) in [5.41, 5.74) is 72.0. The molecule has 6 rings (SSSR count). The molecular weight excluding hydrogens is 1400 g/mol. The Morgan fingerprint density at radius 1 is 0.296 bits per heavy atom. The molecule has 0 amide bonds. The van der Waals surface area contributed by atoms with Gasteiger partial charge in [-0.15, -0.1) is 0 Å². The van der Waals surface area contributed by atoms with Crippen molar-refractivity contribution in [2.45, 2.75) is 131 Å². The molecule has 0 saturated heterocycles. The molecule has 0 radical (unpaired) electrons. The van der Waals surface area contributed by atoms with E-state index in [1.807, 2.05) is 0 Å². The fourth-order valence-corrected chi connectivity index (χ4v) is 9.33. The molecule has 0 aliphatic carbocycles. The van der Waals surface area contributed by atoms with E-state index in [2.05, 4.69) is 16.0 Å². The van der Waals surface area contributed by atoms with Gasteiger partial charge in [0, 0.05) is 19.6 Å². The van der Waals surface area contributed by atoms with Crippen LogP contribution in [0, 0.1) is 16.2 Å². The lowest BCUT2D eigenvalue weighted by Crippen LogP contribution is -2.41. The second-order valence-electron chi connectivity index (χ2n) is 24.5. The molecule has 0 unspecified atom stereocenters. The minimum Gasteiger partial charge on any atom is -0.508 e. The first-order valence-corrected chi connectivity index (χ1v) is 33.7. The Morgan fingerprint density at radius 2 is 0.491 bits per heavy atom. The molecule has 9 atom stereocenters. The topological polar surface area (TPSA) is 690 Å². The molecule has 0 fully saturated rings. The lowest BCUT2D eigenvalue weighted by atomic mass is 10.1. The highest BCUT2D eigenvalue weighted by Gasteiger charge is 2.26. The number of hydrogen-bond acceptors (Lipinski definition) is 28. The van der Waals surface area contributed by atoms with E-state index in [-0.39, 0.29) is 85.2 Å². The number of benzene rings is 6. The zero-order chi connectivity index (χ0) is 80.0. The number of hydrogen-bond donors (Lipinski definition) is 21. The lowest BCUT2D eigenvalue weighted by Gasteiger charge is -2.15. The molecule has 6 aromatic carbocycles. The third-order valence-corrected chi connectivity index (χ3v) is 15.4. The van der Waals surface area contributed by atoms with E-state index in [4.69, 9.17) is 124 Å². The van der Waals surface area contributed by atoms with Crippen molar-refractivity contribution in [2.75, 3.05) is 19.6 Å². The second kappa shape index (κ2) is 46.1. The van der Waals surface area contributed by atoms with Crippen LogP contribution in [0.15, 0.2) is 146 Å². The number of carbonyl (C=O) groups excluding carboxylic acids is 7. The molecule has 36 nitrogen and oxygen atoms in total. The molecule has 0 saturated carbocycles. The number of esters is 7. The number of carbonyl (C=O) groups is 9. The molecule has 33 N–H and O–H groups in total. The Balaban J connectivity index is 0.000000558. The van der Waals surface area contributed by atoms with E-state index in [1.54, 1.807) is 109 Å². The van der Waals surface area contributed by atoms with Gasteiger partial charge in [0.05, 0.1) is 0 Å². The highest BCUT2D eigenvalue weighted by Crippen LogP contribution is 2.21. The fourth-order valence-electron chi connectivity index (χ4n) is 9.33. The molecule has 36 heteroatoms. The van der Waals surface area contributed by atoms with Crippen LogP contribution in [0.3, 0.4) is 0 Å². The number of carboxylic acid groups (broad SMARTS) is 2. The minimum atomic E-state index is -1.23. The molecule has 0 aliphatic rings. The van der Waals surface area contributed by atoms with Gasteiger partial charge in [-0.3, -0.25) is 25.8 Å². The Bertz CT molecular complexity index is 3940. The number of rotatable bonds is 38. The van der Waals surface area contributed by atoms with Crippen LogP contribution in [0.2, 0.25) is 0 Å². The monoisotopic (exact) mass is 1500 g/mol. The summed E-state index contributed by atoms with van der Waals surface area (Å²) in [5.74, 6) is -6.38. The van der Waals surface area contributed by atoms with Crippen molar-refractivity contribution in [3.05, 3.63) is 179 Å². The highest BCUT2D eigenvalue weighted by molar-refractivity contribution is 5.91. The smallest absolute Gasteiger partial charge is 0.330 e. The van der Waals surface area contributed by atoms with Crippen LogP contribution in [-0.2, 0) is 86.4 Å². The van der Waals surface area contributed by atoms with Crippen LogP contribution in [0.5, 0.6) is 34.5 Å². The number of carboxylic acids is 2. The van der Waals surface area contributed by atoms with E-state index in [9.17, 15) is 48.3 Å². The van der Waals surface area contributed by atoms with E-state index >= 15 is 0 Å². The molecule has 6 aromatic rings. The van der Waals surface area contributed by atoms with E-state index in [1.165, 1.54) is 36.4 Å².